The van der Waals surface area contributed by atoms with Crippen molar-refractivity contribution in [3.05, 3.63) is 29.3 Å². The van der Waals surface area contributed by atoms with Crippen molar-refractivity contribution in [2.75, 3.05) is 19.0 Å². The number of anilines is 1. The molecule has 1 rings (SSSR count). The van der Waals surface area contributed by atoms with Crippen LogP contribution in [-0.2, 0) is 9.53 Å². The van der Waals surface area contributed by atoms with E-state index >= 15 is 0 Å². The zero-order valence-electron chi connectivity index (χ0n) is 10.4. The minimum Gasteiger partial charge on any atom is -0.480 e. The number of nitrogens with zero attached hydrogens (tertiary/aromatic N) is 1. The van der Waals surface area contributed by atoms with Crippen LogP contribution < -0.4 is 5.32 Å². The summed E-state index contributed by atoms with van der Waals surface area (Å²) in [5.41, 5.74) is 1.86. The molecule has 18 heavy (non-hydrogen) atoms. The summed E-state index contributed by atoms with van der Waals surface area (Å²) in [5.74, 6) is -0.959. The summed E-state index contributed by atoms with van der Waals surface area (Å²) in [6.45, 7) is 2.18. The van der Waals surface area contributed by atoms with E-state index in [0.29, 0.717) is 24.3 Å². The van der Waals surface area contributed by atoms with Gasteiger partial charge in [-0.15, -0.1) is 0 Å². The van der Waals surface area contributed by atoms with E-state index in [4.69, 9.17) is 15.1 Å². The maximum atomic E-state index is 11.1. The van der Waals surface area contributed by atoms with Crippen LogP contribution in [0.4, 0.5) is 5.69 Å². The van der Waals surface area contributed by atoms with Crippen molar-refractivity contribution < 1.29 is 14.6 Å². The lowest BCUT2D eigenvalue weighted by Crippen LogP contribution is -2.31. The number of hydrogen-bond donors (Lipinski definition) is 2. The zero-order valence-corrected chi connectivity index (χ0v) is 10.4. The molecular weight excluding hydrogens is 232 g/mol. The van der Waals surface area contributed by atoms with Gasteiger partial charge in [-0.1, -0.05) is 12.1 Å². The van der Waals surface area contributed by atoms with Crippen LogP contribution in [0.3, 0.4) is 0 Å². The van der Waals surface area contributed by atoms with E-state index in [1.807, 2.05) is 13.0 Å². The van der Waals surface area contributed by atoms with Crippen molar-refractivity contribution in [2.24, 2.45) is 0 Å². The number of carboxylic acids is 1. The Morgan fingerprint density at radius 2 is 2.33 bits per heavy atom. The summed E-state index contributed by atoms with van der Waals surface area (Å²) in [6.07, 6.45) is 0.338. The van der Waals surface area contributed by atoms with Crippen molar-refractivity contribution >= 4 is 11.7 Å². The van der Waals surface area contributed by atoms with Crippen LogP contribution in [0.2, 0.25) is 0 Å². The molecule has 0 aliphatic rings. The fourth-order valence-electron chi connectivity index (χ4n) is 1.62. The maximum absolute atomic E-state index is 11.1. The third-order valence-corrected chi connectivity index (χ3v) is 2.62. The molecule has 0 spiro atoms. The summed E-state index contributed by atoms with van der Waals surface area (Å²) in [5, 5.41) is 21.0. The molecular formula is C13H16N2O3. The van der Waals surface area contributed by atoms with Crippen molar-refractivity contribution in [3.8, 4) is 6.07 Å². The molecule has 96 valence electrons. The number of nitriles is 1. The molecule has 1 aromatic carbocycles. The Morgan fingerprint density at radius 1 is 1.61 bits per heavy atom. The van der Waals surface area contributed by atoms with Gasteiger partial charge in [-0.05, 0) is 18.6 Å². The lowest BCUT2D eigenvalue weighted by Gasteiger charge is -2.18. The number of aliphatic carboxylic acids is 1. The maximum Gasteiger partial charge on any atom is 0.326 e. The normalized spacial score (nSPS) is 11.6. The Morgan fingerprint density at radius 3 is 2.89 bits per heavy atom. The molecule has 0 fully saturated rings. The molecule has 1 aromatic rings. The number of rotatable bonds is 6. The van der Waals surface area contributed by atoms with E-state index in [-0.39, 0.29) is 0 Å². The van der Waals surface area contributed by atoms with E-state index in [2.05, 4.69) is 11.4 Å². The fourth-order valence-corrected chi connectivity index (χ4v) is 1.62. The predicted octanol–water partition coefficient (Wildman–Crippen LogP) is 1.77. The van der Waals surface area contributed by atoms with Gasteiger partial charge >= 0.3 is 5.97 Å². The topological polar surface area (TPSA) is 82.3 Å². The first-order valence-electron chi connectivity index (χ1n) is 5.58. The third kappa shape index (κ3) is 3.47. The van der Waals surface area contributed by atoms with Crippen LogP contribution in [0.5, 0.6) is 0 Å². The van der Waals surface area contributed by atoms with Crippen LogP contribution in [0.25, 0.3) is 0 Å². The second-order valence-corrected chi connectivity index (χ2v) is 3.93. The number of hydrogen-bond acceptors (Lipinski definition) is 4. The molecule has 5 heteroatoms. The summed E-state index contributed by atoms with van der Waals surface area (Å²) in [7, 11) is 1.52. The summed E-state index contributed by atoms with van der Waals surface area (Å²) in [6, 6.07) is 6.54. The molecule has 0 bridgehead atoms. The van der Waals surface area contributed by atoms with Gasteiger partial charge in [0, 0.05) is 20.1 Å². The average molecular weight is 248 g/mol. The van der Waals surface area contributed by atoms with Crippen LogP contribution in [0, 0.1) is 18.3 Å². The Balaban J connectivity index is 2.93. The number of carbonyl (C=O) groups is 1. The molecule has 0 radical (unpaired) electrons. The number of methoxy groups -OCH3 is 1. The molecule has 2 N–H and O–H groups in total. The van der Waals surface area contributed by atoms with Crippen LogP contribution >= 0.6 is 0 Å². The Hall–Kier alpha value is -2.06. The molecule has 0 saturated carbocycles. The Kier molecular flexibility index (Phi) is 5.15. The zero-order chi connectivity index (χ0) is 13.5. The lowest BCUT2D eigenvalue weighted by atomic mass is 10.1. The van der Waals surface area contributed by atoms with Gasteiger partial charge in [-0.25, -0.2) is 4.79 Å². The van der Waals surface area contributed by atoms with Crippen LogP contribution in [0.15, 0.2) is 18.2 Å². The van der Waals surface area contributed by atoms with E-state index < -0.39 is 12.0 Å². The van der Waals surface area contributed by atoms with Gasteiger partial charge in [0.25, 0.3) is 0 Å². The molecule has 0 saturated heterocycles. The second-order valence-electron chi connectivity index (χ2n) is 3.93. The molecule has 1 atom stereocenters. The van der Waals surface area contributed by atoms with E-state index in [9.17, 15) is 4.79 Å². The number of aryl methyl sites for hydroxylation is 1. The van der Waals surface area contributed by atoms with Crippen LogP contribution in [0.1, 0.15) is 17.5 Å². The first-order valence-corrected chi connectivity index (χ1v) is 5.58. The van der Waals surface area contributed by atoms with Crippen molar-refractivity contribution in [3.63, 3.8) is 0 Å². The second kappa shape index (κ2) is 6.62. The summed E-state index contributed by atoms with van der Waals surface area (Å²) >= 11 is 0. The monoisotopic (exact) mass is 248 g/mol. The first kappa shape index (κ1) is 14.0. The highest BCUT2D eigenvalue weighted by Gasteiger charge is 2.19. The largest absolute Gasteiger partial charge is 0.480 e. The van der Waals surface area contributed by atoms with Gasteiger partial charge < -0.3 is 15.2 Å². The lowest BCUT2D eigenvalue weighted by molar-refractivity contribution is -0.138. The third-order valence-electron chi connectivity index (χ3n) is 2.62. The molecule has 5 nitrogen and oxygen atoms in total. The number of nitrogens with one attached hydrogen (secondary N) is 1. The number of ether oxygens (including phenoxy) is 1. The minimum atomic E-state index is -0.959. The number of para-hydroxylation sites is 1. The van der Waals surface area contributed by atoms with Gasteiger partial charge in [-0.2, -0.15) is 5.26 Å². The smallest absolute Gasteiger partial charge is 0.326 e. The first-order chi connectivity index (χ1) is 8.60. The van der Waals surface area contributed by atoms with Gasteiger partial charge in [-0.3, -0.25) is 0 Å². The highest BCUT2D eigenvalue weighted by atomic mass is 16.5. The highest BCUT2D eigenvalue weighted by Crippen LogP contribution is 2.21. The predicted molar refractivity (Wildman–Crippen MR) is 67.4 cm³/mol. The van der Waals surface area contributed by atoms with Gasteiger partial charge in [0.15, 0.2) is 0 Å². The Bertz CT molecular complexity index is 466. The van der Waals surface area contributed by atoms with E-state index in [1.165, 1.54) is 7.11 Å². The number of carboxylic acid groups (broad SMARTS) is 1. The fraction of sp³-hybridized carbons (Fsp3) is 0.385. The van der Waals surface area contributed by atoms with Gasteiger partial charge in [0.2, 0.25) is 0 Å². The van der Waals surface area contributed by atoms with Crippen molar-refractivity contribution in [1.82, 2.24) is 0 Å². The molecule has 0 heterocycles. The van der Waals surface area contributed by atoms with Crippen LogP contribution in [-0.4, -0.2) is 30.8 Å². The summed E-state index contributed by atoms with van der Waals surface area (Å²) in [4.78, 5) is 11.1. The van der Waals surface area contributed by atoms with E-state index in [0.717, 1.165) is 5.56 Å². The quantitative estimate of drug-likeness (QED) is 0.801. The van der Waals surface area contributed by atoms with Gasteiger partial charge in [0.1, 0.15) is 12.1 Å². The number of benzene rings is 1. The van der Waals surface area contributed by atoms with Crippen molar-refractivity contribution in [1.29, 1.82) is 5.26 Å². The molecule has 0 aliphatic carbocycles. The van der Waals surface area contributed by atoms with Gasteiger partial charge in [0.05, 0.1) is 11.3 Å². The standard InChI is InChI=1S/C13H16N2O3/c1-9-4-3-5-10(8-14)12(9)15-11(13(16)17)6-7-18-2/h3-5,11,15H,6-7H2,1-2H3,(H,16,17). The summed E-state index contributed by atoms with van der Waals surface area (Å²) < 4.78 is 4.88. The SMILES string of the molecule is COCCC(Nc1c(C)cccc1C#N)C(=O)O. The molecule has 1 unspecified atom stereocenters. The Labute approximate surface area is 106 Å². The highest BCUT2D eigenvalue weighted by molar-refractivity contribution is 5.79. The van der Waals surface area contributed by atoms with Crippen molar-refractivity contribution in [2.45, 2.75) is 19.4 Å². The molecule has 0 aromatic heterocycles. The minimum absolute atomic E-state index is 0.338. The molecule has 0 aliphatic heterocycles. The van der Waals surface area contributed by atoms with E-state index in [1.54, 1.807) is 12.1 Å². The average Bonchev–Trinajstić information content (AvgIpc) is 2.35. The molecule has 0 amide bonds.